The highest BCUT2D eigenvalue weighted by Gasteiger charge is 2.40. The number of likely N-dealkylation sites (tertiary alicyclic amines) is 1. The van der Waals surface area contributed by atoms with E-state index in [2.05, 4.69) is 10.6 Å². The van der Waals surface area contributed by atoms with Crippen LogP contribution in [0.25, 0.3) is 0 Å². The Bertz CT molecular complexity index is 588. The summed E-state index contributed by atoms with van der Waals surface area (Å²) in [5.74, 6) is 0.169. The number of halogens is 2. The fourth-order valence-corrected chi connectivity index (χ4v) is 3.63. The molecule has 2 atom stereocenters. The van der Waals surface area contributed by atoms with Gasteiger partial charge < -0.3 is 15.5 Å². The predicted molar refractivity (Wildman–Crippen MR) is 96.4 cm³/mol. The summed E-state index contributed by atoms with van der Waals surface area (Å²) in [6, 6.07) is 7.16. The molecule has 2 saturated heterocycles. The number of rotatable bonds is 3. The van der Waals surface area contributed by atoms with Crippen LogP contribution in [0, 0.1) is 5.92 Å². The summed E-state index contributed by atoms with van der Waals surface area (Å²) in [7, 11) is 1.79. The normalized spacial score (nSPS) is 24.6. The number of likely N-dealkylation sites (N-methyl/N-ethyl adjacent to an activating group) is 1. The molecule has 1 aromatic rings. The number of hydrogen-bond donors (Lipinski definition) is 2. The van der Waals surface area contributed by atoms with E-state index >= 15 is 0 Å². The van der Waals surface area contributed by atoms with Gasteiger partial charge in [-0.1, -0.05) is 23.7 Å². The minimum Gasteiger partial charge on any atom is -0.350 e. The van der Waals surface area contributed by atoms with Gasteiger partial charge in [0.1, 0.15) is 0 Å². The SMILES string of the molecule is CN1C(=O)CC(NC(=O)C2CCNCC2)C1c1ccc(Cl)cc1.Cl. The third-order valence-corrected chi connectivity index (χ3v) is 5.09. The number of carbonyl (C=O) groups excluding carboxylic acids is 2. The van der Waals surface area contributed by atoms with Crippen LogP contribution in [0.15, 0.2) is 24.3 Å². The molecule has 132 valence electrons. The van der Waals surface area contributed by atoms with Gasteiger partial charge in [0.15, 0.2) is 0 Å². The van der Waals surface area contributed by atoms with E-state index < -0.39 is 0 Å². The monoisotopic (exact) mass is 371 g/mol. The molecular formula is C17H23Cl2N3O2. The lowest BCUT2D eigenvalue weighted by Crippen LogP contribution is -2.44. The highest BCUT2D eigenvalue weighted by atomic mass is 35.5. The molecule has 0 spiro atoms. The summed E-state index contributed by atoms with van der Waals surface area (Å²) in [5, 5.41) is 7.04. The molecule has 2 aliphatic heterocycles. The molecule has 0 aromatic heterocycles. The van der Waals surface area contributed by atoms with Crippen molar-refractivity contribution in [2.75, 3.05) is 20.1 Å². The second-order valence-corrected chi connectivity index (χ2v) is 6.78. The number of piperidine rings is 1. The molecular weight excluding hydrogens is 349 g/mol. The Hall–Kier alpha value is -1.30. The Labute approximate surface area is 153 Å². The van der Waals surface area contributed by atoms with Crippen molar-refractivity contribution in [1.82, 2.24) is 15.5 Å². The van der Waals surface area contributed by atoms with Crippen LogP contribution in [-0.4, -0.2) is 42.9 Å². The topological polar surface area (TPSA) is 61.4 Å². The quantitative estimate of drug-likeness (QED) is 0.855. The maximum Gasteiger partial charge on any atom is 0.225 e. The van der Waals surface area contributed by atoms with Crippen LogP contribution in [-0.2, 0) is 9.59 Å². The van der Waals surface area contributed by atoms with Gasteiger partial charge in [-0.15, -0.1) is 12.4 Å². The molecule has 1 aromatic carbocycles. The standard InChI is InChI=1S/C17H22ClN3O2.ClH/c1-21-15(22)10-14(16(21)11-2-4-13(18)5-3-11)20-17(23)12-6-8-19-9-7-12;/h2-5,12,14,16,19H,6-10H2,1H3,(H,20,23);1H. The van der Waals surface area contributed by atoms with E-state index in [1.807, 2.05) is 24.3 Å². The molecule has 0 bridgehead atoms. The van der Waals surface area contributed by atoms with Gasteiger partial charge in [-0.25, -0.2) is 0 Å². The van der Waals surface area contributed by atoms with E-state index in [-0.39, 0.29) is 42.2 Å². The smallest absolute Gasteiger partial charge is 0.225 e. The highest BCUT2D eigenvalue weighted by Crippen LogP contribution is 2.32. The molecule has 0 saturated carbocycles. The molecule has 24 heavy (non-hydrogen) atoms. The van der Waals surface area contributed by atoms with Gasteiger partial charge in [-0.2, -0.15) is 0 Å². The second-order valence-electron chi connectivity index (χ2n) is 6.34. The fraction of sp³-hybridized carbons (Fsp3) is 0.529. The molecule has 2 aliphatic rings. The summed E-state index contributed by atoms with van der Waals surface area (Å²) in [6.07, 6.45) is 2.06. The van der Waals surface area contributed by atoms with Crippen LogP contribution in [0.1, 0.15) is 30.9 Å². The second kappa shape index (κ2) is 8.19. The predicted octanol–water partition coefficient (Wildman–Crippen LogP) is 2.15. The number of nitrogens with zero attached hydrogens (tertiary/aromatic N) is 1. The van der Waals surface area contributed by atoms with Gasteiger partial charge in [0.05, 0.1) is 12.1 Å². The molecule has 2 N–H and O–H groups in total. The third-order valence-electron chi connectivity index (χ3n) is 4.84. The molecule has 0 aliphatic carbocycles. The van der Waals surface area contributed by atoms with Crippen molar-refractivity contribution in [1.29, 1.82) is 0 Å². The van der Waals surface area contributed by atoms with Gasteiger partial charge >= 0.3 is 0 Å². The molecule has 2 heterocycles. The van der Waals surface area contributed by atoms with Crippen LogP contribution >= 0.6 is 24.0 Å². The molecule has 2 amide bonds. The van der Waals surface area contributed by atoms with Crippen molar-refractivity contribution in [2.24, 2.45) is 5.92 Å². The first kappa shape index (κ1) is 19.0. The summed E-state index contributed by atoms with van der Waals surface area (Å²) in [4.78, 5) is 26.4. The van der Waals surface area contributed by atoms with Crippen molar-refractivity contribution in [3.8, 4) is 0 Å². The van der Waals surface area contributed by atoms with Gasteiger partial charge in [0.25, 0.3) is 0 Å². The lowest BCUT2D eigenvalue weighted by Gasteiger charge is -2.28. The number of amides is 2. The van der Waals surface area contributed by atoms with Gasteiger partial charge in [0.2, 0.25) is 11.8 Å². The van der Waals surface area contributed by atoms with E-state index in [1.165, 1.54) is 0 Å². The lowest BCUT2D eigenvalue weighted by atomic mass is 9.95. The summed E-state index contributed by atoms with van der Waals surface area (Å²) < 4.78 is 0. The molecule has 7 heteroatoms. The van der Waals surface area contributed by atoms with Gasteiger partial charge in [-0.3, -0.25) is 9.59 Å². The first-order chi connectivity index (χ1) is 11.1. The lowest BCUT2D eigenvalue weighted by molar-refractivity contribution is -0.127. The number of nitrogens with one attached hydrogen (secondary N) is 2. The Balaban J connectivity index is 0.00000208. The maximum atomic E-state index is 12.5. The Morgan fingerprint density at radius 3 is 2.50 bits per heavy atom. The first-order valence-electron chi connectivity index (χ1n) is 8.08. The van der Waals surface area contributed by atoms with Crippen molar-refractivity contribution in [2.45, 2.75) is 31.3 Å². The van der Waals surface area contributed by atoms with Crippen molar-refractivity contribution < 1.29 is 9.59 Å². The Kier molecular flexibility index (Phi) is 6.49. The summed E-state index contributed by atoms with van der Waals surface area (Å²) in [5.41, 5.74) is 0.998. The minimum absolute atomic E-state index is 0. The van der Waals surface area contributed by atoms with Crippen LogP contribution in [0.4, 0.5) is 0 Å². The fourth-order valence-electron chi connectivity index (χ4n) is 3.50. The molecule has 5 nitrogen and oxygen atoms in total. The molecule has 0 radical (unpaired) electrons. The van der Waals surface area contributed by atoms with E-state index in [4.69, 9.17) is 11.6 Å². The van der Waals surface area contributed by atoms with Crippen LogP contribution in [0.3, 0.4) is 0 Å². The zero-order valence-corrected chi connectivity index (χ0v) is 15.2. The van der Waals surface area contributed by atoms with E-state index in [1.54, 1.807) is 11.9 Å². The molecule has 2 fully saturated rings. The summed E-state index contributed by atoms with van der Waals surface area (Å²) >= 11 is 5.95. The highest BCUT2D eigenvalue weighted by molar-refractivity contribution is 6.30. The van der Waals surface area contributed by atoms with Crippen LogP contribution < -0.4 is 10.6 Å². The minimum atomic E-state index is -0.184. The maximum absolute atomic E-state index is 12.5. The number of hydrogen-bond acceptors (Lipinski definition) is 3. The van der Waals surface area contributed by atoms with Crippen molar-refractivity contribution in [3.05, 3.63) is 34.9 Å². The zero-order chi connectivity index (χ0) is 16.4. The number of benzene rings is 1. The first-order valence-corrected chi connectivity index (χ1v) is 8.46. The average Bonchev–Trinajstić information content (AvgIpc) is 2.83. The van der Waals surface area contributed by atoms with E-state index in [9.17, 15) is 9.59 Å². The third kappa shape index (κ3) is 4.02. The average molecular weight is 372 g/mol. The largest absolute Gasteiger partial charge is 0.350 e. The number of carbonyl (C=O) groups is 2. The van der Waals surface area contributed by atoms with E-state index in [0.29, 0.717) is 11.4 Å². The zero-order valence-electron chi connectivity index (χ0n) is 13.6. The van der Waals surface area contributed by atoms with Crippen LogP contribution in [0.2, 0.25) is 5.02 Å². The van der Waals surface area contributed by atoms with Crippen molar-refractivity contribution in [3.63, 3.8) is 0 Å². The van der Waals surface area contributed by atoms with Crippen LogP contribution in [0.5, 0.6) is 0 Å². The summed E-state index contributed by atoms with van der Waals surface area (Å²) in [6.45, 7) is 1.75. The molecule has 2 unspecified atom stereocenters. The Morgan fingerprint density at radius 2 is 1.88 bits per heavy atom. The van der Waals surface area contributed by atoms with Gasteiger partial charge in [0, 0.05) is 24.4 Å². The van der Waals surface area contributed by atoms with Gasteiger partial charge in [-0.05, 0) is 43.6 Å². The van der Waals surface area contributed by atoms with E-state index in [0.717, 1.165) is 31.5 Å². The van der Waals surface area contributed by atoms with Crippen molar-refractivity contribution >= 4 is 35.8 Å². The molecule has 3 rings (SSSR count). The Morgan fingerprint density at radius 1 is 1.25 bits per heavy atom.